The minimum absolute atomic E-state index is 0. The van der Waals surface area contributed by atoms with Gasteiger partial charge in [0.2, 0.25) is 0 Å². The van der Waals surface area contributed by atoms with Gasteiger partial charge in [0.1, 0.15) is 0 Å². The van der Waals surface area contributed by atoms with Crippen LogP contribution in [0.3, 0.4) is 0 Å². The molecule has 0 fully saturated rings. The van der Waals surface area contributed by atoms with E-state index in [4.69, 9.17) is 0 Å². The molecule has 78 valence electrons. The second-order valence-corrected chi connectivity index (χ2v) is 4.34. The predicted octanol–water partition coefficient (Wildman–Crippen LogP) is -0.252. The zero-order valence-electron chi connectivity index (χ0n) is 7.65. The molecule has 0 saturated carbocycles. The third-order valence-corrected chi connectivity index (χ3v) is 2.44. The van der Waals surface area contributed by atoms with Crippen molar-refractivity contribution < 1.29 is 21.1 Å². The monoisotopic (exact) mass is 511 g/mol. The van der Waals surface area contributed by atoms with Crippen molar-refractivity contribution in [1.29, 1.82) is 0 Å². The zero-order valence-corrected chi connectivity index (χ0v) is 13.3. The molecule has 2 aromatic rings. The summed E-state index contributed by atoms with van der Waals surface area (Å²) in [6, 6.07) is 7.67. The van der Waals surface area contributed by atoms with Crippen LogP contribution in [-0.4, -0.2) is 42.0 Å². The topological polar surface area (TPSA) is 25.8 Å². The summed E-state index contributed by atoms with van der Waals surface area (Å²) in [5.41, 5.74) is 0. The second-order valence-electron chi connectivity index (χ2n) is 2.37. The van der Waals surface area contributed by atoms with Crippen LogP contribution in [0.2, 0.25) is 0 Å². The first-order valence-electron chi connectivity index (χ1n) is 3.93. The van der Waals surface area contributed by atoms with Gasteiger partial charge in [0.15, 0.2) is 0 Å². The van der Waals surface area contributed by atoms with Gasteiger partial charge in [-0.25, -0.2) is 0 Å². The van der Waals surface area contributed by atoms with E-state index in [1.54, 1.807) is 24.8 Å². The van der Waals surface area contributed by atoms with Crippen LogP contribution < -0.4 is 8.92 Å². The summed E-state index contributed by atoms with van der Waals surface area (Å²) in [5, 5.41) is 0. The summed E-state index contributed by atoms with van der Waals surface area (Å²) >= 11 is 5.72. The van der Waals surface area contributed by atoms with E-state index in [2.05, 4.69) is 42.0 Å². The van der Waals surface area contributed by atoms with Gasteiger partial charge in [-0.2, -0.15) is 0 Å². The van der Waals surface area contributed by atoms with Crippen molar-refractivity contribution in [2.45, 2.75) is 0 Å². The van der Waals surface area contributed by atoms with E-state index < -0.39 is 0 Å². The van der Waals surface area contributed by atoms with E-state index in [1.807, 2.05) is 24.3 Å². The van der Waals surface area contributed by atoms with Gasteiger partial charge in [-0.1, -0.05) is 0 Å². The summed E-state index contributed by atoms with van der Waals surface area (Å²) in [6.07, 6.45) is 7.02. The molecule has 0 saturated heterocycles. The van der Waals surface area contributed by atoms with Gasteiger partial charge in [0.05, 0.1) is 0 Å². The molecule has 0 aliphatic carbocycles. The van der Waals surface area contributed by atoms with E-state index >= 15 is 0 Å². The molecule has 0 atom stereocenters. The van der Waals surface area contributed by atoms with Crippen LogP contribution in [0, 0.1) is 0 Å². The molecular formula is C10H8N2PtSe2+2. The molecule has 2 rings (SSSR count). The van der Waals surface area contributed by atoms with Crippen LogP contribution in [-0.2, 0) is 21.1 Å². The molecule has 0 aromatic carbocycles. The first kappa shape index (κ1) is 15.0. The maximum atomic E-state index is 3.83. The van der Waals surface area contributed by atoms with Crippen molar-refractivity contribution in [3.05, 3.63) is 49.1 Å². The van der Waals surface area contributed by atoms with Gasteiger partial charge in [-0.05, 0) is 0 Å². The summed E-state index contributed by atoms with van der Waals surface area (Å²) < 4.78 is 2.27. The molecule has 0 spiro atoms. The molecule has 5 heteroatoms. The fourth-order valence-corrected chi connectivity index (χ4v) is 1.19. The van der Waals surface area contributed by atoms with Crippen LogP contribution in [0.1, 0.15) is 0 Å². The molecule has 15 heavy (non-hydrogen) atoms. The molecular weight excluding hydrogens is 501 g/mol. The normalized spacial score (nSPS) is 8.00. The minimum atomic E-state index is 0. The second kappa shape index (κ2) is 9.27. The van der Waals surface area contributed by atoms with Crippen molar-refractivity contribution >= 4 is 40.9 Å². The van der Waals surface area contributed by atoms with E-state index in [-0.39, 0.29) is 21.1 Å². The number of aromatic nitrogens is 2. The van der Waals surface area contributed by atoms with Gasteiger partial charge in [0.25, 0.3) is 0 Å². The number of rotatable bonds is 0. The average Bonchev–Trinajstić information content (AvgIpc) is 2.21. The summed E-state index contributed by atoms with van der Waals surface area (Å²) in [7, 11) is 0. The first-order chi connectivity index (χ1) is 6.79. The Morgan fingerprint density at radius 2 is 0.933 bits per heavy atom. The molecule has 0 aliphatic rings. The van der Waals surface area contributed by atoms with E-state index in [0.29, 0.717) is 0 Å². The molecule has 0 unspecified atom stereocenters. The Morgan fingerprint density at radius 3 is 1.07 bits per heavy atom. The van der Waals surface area contributed by atoms with Crippen LogP contribution in [0.4, 0.5) is 0 Å². The number of hydrogen-bond donors (Lipinski definition) is 0. The first-order valence-corrected chi connectivity index (χ1v) is 5.64. The standard InChI is InChI=1S/2C5H4NSe.Pt/c2*7-5-1-3-6-4-2-5;/h2*1-4H;/q;;+2. The molecule has 0 amide bonds. The van der Waals surface area contributed by atoms with Crippen molar-refractivity contribution in [3.63, 3.8) is 0 Å². The zero-order chi connectivity index (χ0) is 10.2. The van der Waals surface area contributed by atoms with Crippen LogP contribution >= 0.6 is 0 Å². The van der Waals surface area contributed by atoms with Gasteiger partial charge in [0, 0.05) is 0 Å². The Morgan fingerprint density at radius 1 is 0.667 bits per heavy atom. The molecule has 0 N–H and O–H groups in total. The summed E-state index contributed by atoms with van der Waals surface area (Å²) in [5.74, 6) is 0. The van der Waals surface area contributed by atoms with Gasteiger partial charge < -0.3 is 0 Å². The van der Waals surface area contributed by atoms with E-state index in [1.165, 1.54) is 0 Å². The molecule has 2 nitrogen and oxygen atoms in total. The Labute approximate surface area is 120 Å². The maximum absolute atomic E-state index is 3.83. The average molecular weight is 509 g/mol. The van der Waals surface area contributed by atoms with Crippen LogP contribution in [0.15, 0.2) is 49.1 Å². The Balaban J connectivity index is 0.000000245. The van der Waals surface area contributed by atoms with Gasteiger partial charge >= 0.3 is 121 Å². The predicted molar refractivity (Wildman–Crippen MR) is 59.3 cm³/mol. The third kappa shape index (κ3) is 7.90. The van der Waals surface area contributed by atoms with Gasteiger partial charge in [-0.3, -0.25) is 0 Å². The van der Waals surface area contributed by atoms with E-state index in [0.717, 1.165) is 8.92 Å². The Bertz CT molecular complexity index is 319. The molecule has 2 radical (unpaired) electrons. The van der Waals surface area contributed by atoms with Crippen molar-refractivity contribution in [2.24, 2.45) is 0 Å². The summed E-state index contributed by atoms with van der Waals surface area (Å²) in [4.78, 5) is 7.65. The fraction of sp³-hybridized carbons (Fsp3) is 0. The third-order valence-electron chi connectivity index (χ3n) is 1.30. The quantitative estimate of drug-likeness (QED) is 0.459. The molecule has 2 aromatic heterocycles. The Hall–Kier alpha value is 0.0273. The van der Waals surface area contributed by atoms with E-state index in [9.17, 15) is 0 Å². The Kier molecular flexibility index (Phi) is 9.28. The molecule has 2 heterocycles. The number of nitrogens with zero attached hydrogens (tertiary/aromatic N) is 2. The van der Waals surface area contributed by atoms with Crippen molar-refractivity contribution in [2.75, 3.05) is 0 Å². The van der Waals surface area contributed by atoms with Crippen LogP contribution in [0.25, 0.3) is 0 Å². The fourth-order valence-electron chi connectivity index (χ4n) is 0.676. The van der Waals surface area contributed by atoms with Crippen molar-refractivity contribution in [3.8, 4) is 0 Å². The number of pyridine rings is 2. The van der Waals surface area contributed by atoms with Crippen molar-refractivity contribution in [1.82, 2.24) is 9.97 Å². The SMILES string of the molecule is [Pt+2].[Se]c1ccncc1.[Se]c1ccncc1. The molecule has 0 bridgehead atoms. The molecule has 0 aliphatic heterocycles. The van der Waals surface area contributed by atoms with Crippen LogP contribution in [0.5, 0.6) is 0 Å². The van der Waals surface area contributed by atoms with Gasteiger partial charge in [-0.15, -0.1) is 0 Å². The number of hydrogen-bond acceptors (Lipinski definition) is 2. The summed E-state index contributed by atoms with van der Waals surface area (Å²) in [6.45, 7) is 0.